The van der Waals surface area contributed by atoms with Crippen LogP contribution in [0.5, 0.6) is 11.5 Å². The van der Waals surface area contributed by atoms with Crippen LogP contribution in [0.3, 0.4) is 0 Å². The summed E-state index contributed by atoms with van der Waals surface area (Å²) in [7, 11) is 3.11. The average Bonchev–Trinajstić information content (AvgIpc) is 3.09. The zero-order chi connectivity index (χ0) is 24.0. The highest BCUT2D eigenvalue weighted by Gasteiger charge is 2.33. The molecule has 0 bridgehead atoms. The number of thiocarbonyl (C=S) groups is 1. The first-order valence-electron chi connectivity index (χ1n) is 10.5. The van der Waals surface area contributed by atoms with E-state index in [1.165, 1.54) is 16.7 Å². The number of methoxy groups -OCH3 is 2. The summed E-state index contributed by atoms with van der Waals surface area (Å²) in [6.07, 6.45) is 1.55. The molecule has 11 heteroatoms. The van der Waals surface area contributed by atoms with Gasteiger partial charge in [0.15, 0.2) is 11.5 Å². The van der Waals surface area contributed by atoms with E-state index in [1.54, 1.807) is 49.2 Å². The summed E-state index contributed by atoms with van der Waals surface area (Å²) in [5.41, 5.74) is 0.781. The summed E-state index contributed by atoms with van der Waals surface area (Å²) in [5, 5.41) is 0. The van der Waals surface area contributed by atoms with Crippen LogP contribution >= 0.6 is 24.0 Å². The first-order chi connectivity index (χ1) is 15.9. The number of hydrogen-bond donors (Lipinski definition) is 0. The molecule has 2 aliphatic rings. The smallest absolute Gasteiger partial charge is 0.409 e. The maximum Gasteiger partial charge on any atom is 0.409 e. The summed E-state index contributed by atoms with van der Waals surface area (Å²) in [6, 6.07) is 5.38. The van der Waals surface area contributed by atoms with Crippen molar-refractivity contribution in [2.75, 3.05) is 53.6 Å². The summed E-state index contributed by atoms with van der Waals surface area (Å²) >= 11 is 6.59. The fourth-order valence-electron chi connectivity index (χ4n) is 3.51. The Bertz CT molecular complexity index is 959. The molecule has 2 heterocycles. The normalized spacial score (nSPS) is 17.5. The monoisotopic (exact) mass is 493 g/mol. The van der Waals surface area contributed by atoms with Gasteiger partial charge in [-0.25, -0.2) is 4.79 Å². The van der Waals surface area contributed by atoms with Crippen molar-refractivity contribution in [3.8, 4) is 11.5 Å². The van der Waals surface area contributed by atoms with Gasteiger partial charge >= 0.3 is 6.09 Å². The van der Waals surface area contributed by atoms with Gasteiger partial charge in [0.25, 0.3) is 5.91 Å². The standard InChI is InChI=1S/C22H27N3O6S2/c1-4-31-21(28)24-11-9-23(10-12-24)19(26)7-8-25-20(27)18(33-22(25)32)14-15-5-6-16(29-2)17(13-15)30-3/h5-6,13-14H,4,7-12H2,1-3H3/b18-14+. The van der Waals surface area contributed by atoms with Gasteiger partial charge in [0, 0.05) is 39.1 Å². The minimum atomic E-state index is -0.358. The fraction of sp³-hybridized carbons (Fsp3) is 0.455. The molecule has 2 aliphatic heterocycles. The largest absolute Gasteiger partial charge is 0.493 e. The predicted octanol–water partition coefficient (Wildman–Crippen LogP) is 2.60. The van der Waals surface area contributed by atoms with Gasteiger partial charge in [0.1, 0.15) is 4.32 Å². The average molecular weight is 494 g/mol. The van der Waals surface area contributed by atoms with E-state index in [0.717, 1.165) is 5.56 Å². The second-order valence-electron chi connectivity index (χ2n) is 7.26. The number of carbonyl (C=O) groups is 3. The van der Waals surface area contributed by atoms with Gasteiger partial charge in [-0.1, -0.05) is 30.0 Å². The number of benzene rings is 1. The Morgan fingerprint density at radius 1 is 1.09 bits per heavy atom. The van der Waals surface area contributed by atoms with Crippen LogP contribution in [0.2, 0.25) is 0 Å². The SMILES string of the molecule is CCOC(=O)N1CCN(C(=O)CCN2C(=O)/C(=C\c3ccc(OC)c(OC)c3)SC2=S)CC1. The second-order valence-corrected chi connectivity index (χ2v) is 8.94. The number of hydrogen-bond acceptors (Lipinski definition) is 8. The van der Waals surface area contributed by atoms with E-state index >= 15 is 0 Å². The Morgan fingerprint density at radius 2 is 1.76 bits per heavy atom. The molecule has 1 aromatic rings. The van der Waals surface area contributed by atoms with Crippen LogP contribution in [-0.4, -0.2) is 90.5 Å². The van der Waals surface area contributed by atoms with Crippen molar-refractivity contribution < 1.29 is 28.6 Å². The maximum atomic E-state index is 12.9. The second kappa shape index (κ2) is 11.4. The fourth-order valence-corrected chi connectivity index (χ4v) is 4.81. The molecule has 0 aliphatic carbocycles. The Hall–Kier alpha value is -2.79. The molecular formula is C22H27N3O6S2. The lowest BCUT2D eigenvalue weighted by molar-refractivity contribution is -0.133. The van der Waals surface area contributed by atoms with E-state index in [1.807, 2.05) is 6.07 Å². The van der Waals surface area contributed by atoms with E-state index in [0.29, 0.717) is 53.5 Å². The Balaban J connectivity index is 1.56. The Kier molecular flexibility index (Phi) is 8.56. The molecule has 178 valence electrons. The van der Waals surface area contributed by atoms with Crippen LogP contribution in [-0.2, 0) is 14.3 Å². The molecule has 3 rings (SSSR count). The van der Waals surface area contributed by atoms with Crippen molar-refractivity contribution in [3.63, 3.8) is 0 Å². The van der Waals surface area contributed by atoms with E-state index in [9.17, 15) is 14.4 Å². The minimum absolute atomic E-state index is 0.0728. The van der Waals surface area contributed by atoms with Crippen molar-refractivity contribution in [1.29, 1.82) is 0 Å². The number of rotatable bonds is 7. The van der Waals surface area contributed by atoms with Gasteiger partial charge in [-0.05, 0) is 30.7 Å². The molecule has 9 nitrogen and oxygen atoms in total. The molecule has 0 atom stereocenters. The third-order valence-corrected chi connectivity index (χ3v) is 6.66. The van der Waals surface area contributed by atoms with E-state index in [2.05, 4.69) is 0 Å². The van der Waals surface area contributed by atoms with Gasteiger partial charge in [0.05, 0.1) is 25.7 Å². The first kappa shape index (κ1) is 24.8. The maximum absolute atomic E-state index is 12.9. The molecule has 2 fully saturated rings. The minimum Gasteiger partial charge on any atom is -0.493 e. The summed E-state index contributed by atoms with van der Waals surface area (Å²) in [6.45, 7) is 4.03. The molecular weight excluding hydrogens is 466 g/mol. The summed E-state index contributed by atoms with van der Waals surface area (Å²) in [5.74, 6) is 0.871. The van der Waals surface area contributed by atoms with Crippen LogP contribution in [0, 0.1) is 0 Å². The molecule has 3 amide bonds. The highest BCUT2D eigenvalue weighted by Crippen LogP contribution is 2.34. The van der Waals surface area contributed by atoms with Crippen molar-refractivity contribution in [2.45, 2.75) is 13.3 Å². The molecule has 0 saturated carbocycles. The van der Waals surface area contributed by atoms with E-state index in [-0.39, 0.29) is 30.9 Å². The number of amides is 3. The van der Waals surface area contributed by atoms with Crippen molar-refractivity contribution in [1.82, 2.24) is 14.7 Å². The molecule has 33 heavy (non-hydrogen) atoms. The topological polar surface area (TPSA) is 88.6 Å². The van der Waals surface area contributed by atoms with Gasteiger partial charge in [-0.2, -0.15) is 0 Å². The highest BCUT2D eigenvalue weighted by molar-refractivity contribution is 8.26. The zero-order valence-electron chi connectivity index (χ0n) is 18.9. The first-order valence-corrected chi connectivity index (χ1v) is 11.8. The zero-order valence-corrected chi connectivity index (χ0v) is 20.5. The summed E-state index contributed by atoms with van der Waals surface area (Å²) in [4.78, 5) is 42.5. The molecule has 0 radical (unpaired) electrons. The quantitative estimate of drug-likeness (QED) is 0.423. The number of ether oxygens (including phenoxy) is 3. The predicted molar refractivity (Wildman–Crippen MR) is 129 cm³/mol. The van der Waals surface area contributed by atoms with Crippen LogP contribution in [0.1, 0.15) is 18.9 Å². The van der Waals surface area contributed by atoms with Crippen molar-refractivity contribution >= 4 is 52.3 Å². The van der Waals surface area contributed by atoms with E-state index < -0.39 is 0 Å². The lowest BCUT2D eigenvalue weighted by atomic mass is 10.2. The Labute approximate surface area is 202 Å². The molecule has 2 saturated heterocycles. The Morgan fingerprint density at radius 3 is 2.39 bits per heavy atom. The van der Waals surface area contributed by atoms with Gasteiger partial charge in [0.2, 0.25) is 5.91 Å². The number of piperazine rings is 1. The van der Waals surface area contributed by atoms with Gasteiger partial charge in [-0.15, -0.1) is 0 Å². The van der Waals surface area contributed by atoms with E-state index in [4.69, 9.17) is 26.4 Å². The third kappa shape index (κ3) is 5.97. The molecule has 0 N–H and O–H groups in total. The van der Waals surface area contributed by atoms with Crippen LogP contribution in [0.25, 0.3) is 6.08 Å². The third-order valence-electron chi connectivity index (χ3n) is 5.29. The number of nitrogens with zero attached hydrogens (tertiary/aromatic N) is 3. The number of thioether (sulfide) groups is 1. The summed E-state index contributed by atoms with van der Waals surface area (Å²) < 4.78 is 16.0. The van der Waals surface area contributed by atoms with Gasteiger partial charge < -0.3 is 24.0 Å². The number of carbonyl (C=O) groups excluding carboxylic acids is 3. The van der Waals surface area contributed by atoms with Crippen molar-refractivity contribution in [2.24, 2.45) is 0 Å². The lowest BCUT2D eigenvalue weighted by Gasteiger charge is -2.34. The van der Waals surface area contributed by atoms with Crippen LogP contribution in [0.4, 0.5) is 4.79 Å². The molecule has 0 unspecified atom stereocenters. The van der Waals surface area contributed by atoms with Crippen LogP contribution in [0.15, 0.2) is 23.1 Å². The molecule has 1 aromatic carbocycles. The molecule has 0 spiro atoms. The van der Waals surface area contributed by atoms with Crippen LogP contribution < -0.4 is 9.47 Å². The lowest BCUT2D eigenvalue weighted by Crippen LogP contribution is -2.51. The van der Waals surface area contributed by atoms with Crippen molar-refractivity contribution in [3.05, 3.63) is 28.7 Å². The highest BCUT2D eigenvalue weighted by atomic mass is 32.2. The van der Waals surface area contributed by atoms with Gasteiger partial charge in [-0.3, -0.25) is 14.5 Å². The molecule has 0 aromatic heterocycles.